The normalized spacial score (nSPS) is 12.0. The van der Waals surface area contributed by atoms with Gasteiger partial charge in [0.05, 0.1) is 11.3 Å². The van der Waals surface area contributed by atoms with Gasteiger partial charge in [-0.25, -0.2) is 0 Å². The first kappa shape index (κ1) is 24.8. The summed E-state index contributed by atoms with van der Waals surface area (Å²) in [6.45, 7) is 1.19. The number of nitrogens with zero attached hydrogens (tertiary/aromatic N) is 1. The van der Waals surface area contributed by atoms with Crippen molar-refractivity contribution in [1.82, 2.24) is 0 Å². The zero-order valence-corrected chi connectivity index (χ0v) is 17.9. The molecule has 12 nitrogen and oxygen atoms in total. The first-order chi connectivity index (χ1) is 14.7. The highest BCUT2D eigenvalue weighted by atomic mass is 32.2. The van der Waals surface area contributed by atoms with Crippen molar-refractivity contribution in [3.05, 3.63) is 57.6 Å². The number of benzene rings is 2. The fraction of sp³-hybridized carbons (Fsp3) is 0.111. The molecule has 0 atom stereocenters. The van der Waals surface area contributed by atoms with E-state index in [1.807, 2.05) is 0 Å². The highest BCUT2D eigenvalue weighted by Gasteiger charge is 2.20. The molecule has 0 radical (unpaired) electrons. The van der Waals surface area contributed by atoms with E-state index in [0.29, 0.717) is 6.07 Å². The third-order valence-corrected chi connectivity index (χ3v) is 5.73. The van der Waals surface area contributed by atoms with E-state index in [2.05, 4.69) is 5.32 Å². The molecule has 0 saturated carbocycles. The summed E-state index contributed by atoms with van der Waals surface area (Å²) in [5.41, 5.74) is -0.955. The molecule has 0 spiro atoms. The fourth-order valence-corrected chi connectivity index (χ4v) is 4.00. The highest BCUT2D eigenvalue weighted by Crippen LogP contribution is 2.26. The predicted molar refractivity (Wildman–Crippen MR) is 112 cm³/mol. The number of anilines is 1. The molecule has 0 aliphatic heterocycles. The van der Waals surface area contributed by atoms with E-state index < -0.39 is 58.7 Å². The van der Waals surface area contributed by atoms with Gasteiger partial charge in [0.1, 0.15) is 15.6 Å². The number of carbonyl (C=O) groups excluding carboxylic acids is 2. The summed E-state index contributed by atoms with van der Waals surface area (Å²) in [6.07, 6.45) is 1.70. The molecular weight excluding hydrogens is 468 g/mol. The van der Waals surface area contributed by atoms with Crippen LogP contribution in [0.3, 0.4) is 0 Å². The van der Waals surface area contributed by atoms with Gasteiger partial charge in [-0.1, -0.05) is 18.2 Å². The second-order valence-corrected chi connectivity index (χ2v) is 9.22. The van der Waals surface area contributed by atoms with Crippen molar-refractivity contribution in [2.75, 3.05) is 5.32 Å². The average molecular weight is 484 g/mol. The number of amides is 1. The third-order valence-electron chi connectivity index (χ3n) is 3.91. The Kier molecular flexibility index (Phi) is 7.25. The quantitative estimate of drug-likeness (QED) is 0.164. The van der Waals surface area contributed by atoms with E-state index in [9.17, 15) is 45.6 Å². The maximum atomic E-state index is 11.8. The van der Waals surface area contributed by atoms with Gasteiger partial charge in [-0.2, -0.15) is 16.8 Å². The van der Waals surface area contributed by atoms with Crippen LogP contribution in [0.5, 0.6) is 0 Å². The Bertz CT molecular complexity index is 1350. The van der Waals surface area contributed by atoms with Crippen molar-refractivity contribution in [1.29, 1.82) is 0 Å². The van der Waals surface area contributed by atoms with Crippen LogP contribution in [-0.4, -0.2) is 42.6 Å². The Labute approximate surface area is 182 Å². The lowest BCUT2D eigenvalue weighted by molar-refractivity contribution is -0.385. The van der Waals surface area contributed by atoms with Crippen LogP contribution >= 0.6 is 0 Å². The zero-order valence-electron chi connectivity index (χ0n) is 16.3. The first-order valence-corrected chi connectivity index (χ1v) is 11.4. The van der Waals surface area contributed by atoms with Gasteiger partial charge in [0.2, 0.25) is 5.91 Å². The van der Waals surface area contributed by atoms with Crippen LogP contribution in [0.4, 0.5) is 11.4 Å². The molecule has 0 fully saturated rings. The van der Waals surface area contributed by atoms with E-state index in [1.54, 1.807) is 0 Å². The number of hydrogen-bond donors (Lipinski definition) is 3. The Morgan fingerprint density at radius 2 is 1.47 bits per heavy atom. The monoisotopic (exact) mass is 484 g/mol. The molecule has 0 bridgehead atoms. The summed E-state index contributed by atoms with van der Waals surface area (Å²) in [7, 11) is -9.66. The molecule has 32 heavy (non-hydrogen) atoms. The standard InChI is InChI=1S/C18H16N2O10S2/c1-11(21)8-18(22)19-14-6-4-12(16(9-14)31(25,26)27)2-3-13-5-7-15(20(23)24)10-17(13)32(28,29)30/h2-7,9-10H,8H2,1H3,(H,19,22)(H,25,26,27)(H,28,29,30). The molecule has 0 heterocycles. The summed E-state index contributed by atoms with van der Waals surface area (Å²) < 4.78 is 65.6. The highest BCUT2D eigenvalue weighted by molar-refractivity contribution is 7.86. The number of ketones is 1. The summed E-state index contributed by atoms with van der Waals surface area (Å²) in [4.78, 5) is 31.3. The first-order valence-electron chi connectivity index (χ1n) is 8.53. The number of non-ortho nitro benzene ring substituents is 1. The number of nitro benzene ring substituents is 1. The van der Waals surface area contributed by atoms with Crippen molar-refractivity contribution in [2.24, 2.45) is 0 Å². The number of carbonyl (C=O) groups is 2. The van der Waals surface area contributed by atoms with Gasteiger partial charge in [0, 0.05) is 17.8 Å². The van der Waals surface area contributed by atoms with Crippen molar-refractivity contribution in [3.63, 3.8) is 0 Å². The van der Waals surface area contributed by atoms with Gasteiger partial charge >= 0.3 is 0 Å². The minimum atomic E-state index is -4.86. The summed E-state index contributed by atoms with van der Waals surface area (Å²) in [5, 5.41) is 13.2. The van der Waals surface area contributed by atoms with Crippen LogP contribution in [0, 0.1) is 10.1 Å². The molecule has 0 unspecified atom stereocenters. The topological polar surface area (TPSA) is 198 Å². The van der Waals surface area contributed by atoms with Crippen LogP contribution in [0.25, 0.3) is 12.2 Å². The number of hydrogen-bond acceptors (Lipinski definition) is 8. The van der Waals surface area contributed by atoms with E-state index in [1.165, 1.54) is 19.1 Å². The number of nitro groups is 1. The second-order valence-electron chi connectivity index (χ2n) is 6.44. The van der Waals surface area contributed by atoms with Crippen LogP contribution in [-0.2, 0) is 29.8 Å². The maximum absolute atomic E-state index is 11.8. The van der Waals surface area contributed by atoms with E-state index in [0.717, 1.165) is 30.4 Å². The van der Waals surface area contributed by atoms with Gasteiger partial charge in [0.25, 0.3) is 25.9 Å². The van der Waals surface area contributed by atoms with Crippen LogP contribution in [0.1, 0.15) is 24.5 Å². The molecule has 0 aliphatic carbocycles. The molecule has 0 aliphatic rings. The molecular formula is C18H16N2O10S2. The van der Waals surface area contributed by atoms with Crippen molar-refractivity contribution in [2.45, 2.75) is 23.1 Å². The van der Waals surface area contributed by atoms with Crippen molar-refractivity contribution in [3.8, 4) is 0 Å². The second kappa shape index (κ2) is 9.35. The number of rotatable bonds is 8. The summed E-state index contributed by atoms with van der Waals surface area (Å²) in [5.74, 6) is -1.12. The zero-order chi connectivity index (χ0) is 24.3. The minimum absolute atomic E-state index is 0.0324. The molecule has 0 saturated heterocycles. The smallest absolute Gasteiger partial charge is 0.295 e. The van der Waals surface area contributed by atoms with Crippen molar-refractivity contribution < 1.29 is 40.5 Å². The van der Waals surface area contributed by atoms with Gasteiger partial charge in [-0.15, -0.1) is 0 Å². The summed E-state index contributed by atoms with van der Waals surface area (Å²) in [6, 6.07) is 6.01. The Balaban J connectivity index is 2.52. The van der Waals surface area contributed by atoms with Gasteiger partial charge in [0.15, 0.2) is 0 Å². The molecule has 14 heteroatoms. The Morgan fingerprint density at radius 1 is 0.969 bits per heavy atom. The molecule has 0 aromatic heterocycles. The van der Waals surface area contributed by atoms with Crippen molar-refractivity contribution >= 4 is 55.5 Å². The van der Waals surface area contributed by atoms with E-state index in [-0.39, 0.29) is 16.8 Å². The van der Waals surface area contributed by atoms with Crippen LogP contribution in [0.2, 0.25) is 0 Å². The number of nitrogens with one attached hydrogen (secondary N) is 1. The largest absolute Gasteiger partial charge is 0.326 e. The van der Waals surface area contributed by atoms with Gasteiger partial charge < -0.3 is 5.32 Å². The lowest BCUT2D eigenvalue weighted by atomic mass is 10.1. The molecule has 1 amide bonds. The Hall–Kier alpha value is -3.46. The molecule has 3 N–H and O–H groups in total. The third kappa shape index (κ3) is 6.52. The maximum Gasteiger partial charge on any atom is 0.295 e. The van der Waals surface area contributed by atoms with Gasteiger partial charge in [-0.3, -0.25) is 28.8 Å². The SMILES string of the molecule is CC(=O)CC(=O)Nc1ccc(C=Cc2ccc([N+](=O)[O-])cc2S(=O)(=O)O)c(S(=O)(=O)O)c1. The minimum Gasteiger partial charge on any atom is -0.326 e. The fourth-order valence-electron chi connectivity index (χ4n) is 2.58. The average Bonchev–Trinajstić information content (AvgIpc) is 2.64. The van der Waals surface area contributed by atoms with Crippen LogP contribution in [0.15, 0.2) is 46.2 Å². The molecule has 2 rings (SSSR count). The Morgan fingerprint density at radius 3 is 1.94 bits per heavy atom. The summed E-state index contributed by atoms with van der Waals surface area (Å²) >= 11 is 0. The van der Waals surface area contributed by atoms with E-state index in [4.69, 9.17) is 0 Å². The number of Topliss-reactive ketones (excluding diaryl/α,β-unsaturated/α-hetero) is 1. The molecule has 170 valence electrons. The van der Waals surface area contributed by atoms with Gasteiger partial charge in [-0.05, 0) is 36.2 Å². The molecule has 2 aromatic rings. The predicted octanol–water partition coefficient (Wildman–Crippen LogP) is 2.18. The van der Waals surface area contributed by atoms with Crippen LogP contribution < -0.4 is 5.32 Å². The lowest BCUT2D eigenvalue weighted by Crippen LogP contribution is -2.15. The molecule has 2 aromatic carbocycles. The lowest BCUT2D eigenvalue weighted by Gasteiger charge is -2.09. The van der Waals surface area contributed by atoms with E-state index >= 15 is 0 Å².